The largest absolute Gasteiger partial charge is 0.467 e. The van der Waals surface area contributed by atoms with E-state index in [-0.39, 0.29) is 5.69 Å². The molecule has 3 rings (SSSR count). The van der Waals surface area contributed by atoms with Crippen molar-refractivity contribution in [2.24, 2.45) is 0 Å². The molecule has 0 aliphatic carbocycles. The minimum Gasteiger partial charge on any atom is -0.467 e. The van der Waals surface area contributed by atoms with E-state index < -0.39 is 5.91 Å². The second-order valence-electron chi connectivity index (χ2n) is 4.82. The summed E-state index contributed by atoms with van der Waals surface area (Å²) in [5.74, 6) is 0.896. The Hall–Kier alpha value is -2.57. The number of aromatic nitrogens is 2. The minimum atomic E-state index is -0.413. The molecule has 0 aliphatic rings. The number of halogens is 2. The number of nitrogens with one attached hydrogen (secondary N) is 2. The van der Waals surface area contributed by atoms with Gasteiger partial charge in [-0.1, -0.05) is 23.2 Å². The van der Waals surface area contributed by atoms with E-state index in [9.17, 15) is 4.79 Å². The van der Waals surface area contributed by atoms with Crippen molar-refractivity contribution >= 4 is 40.6 Å². The quantitative estimate of drug-likeness (QED) is 0.709. The maximum atomic E-state index is 12.2. The van der Waals surface area contributed by atoms with Gasteiger partial charge < -0.3 is 15.1 Å². The molecule has 0 spiro atoms. The fourth-order valence-corrected chi connectivity index (χ4v) is 2.37. The highest BCUT2D eigenvalue weighted by Gasteiger charge is 2.11. The van der Waals surface area contributed by atoms with Crippen LogP contribution in [0.3, 0.4) is 0 Å². The summed E-state index contributed by atoms with van der Waals surface area (Å²) in [4.78, 5) is 12.2. The zero-order valence-electron chi connectivity index (χ0n) is 12.3. The van der Waals surface area contributed by atoms with Crippen LogP contribution in [0.5, 0.6) is 0 Å². The lowest BCUT2D eigenvalue weighted by Crippen LogP contribution is -2.15. The SMILES string of the molecule is O=C(Nc1ccc(Cl)cc1Cl)c1ccc(NCc2ccco2)nn1. The van der Waals surface area contributed by atoms with Gasteiger partial charge in [-0.3, -0.25) is 4.79 Å². The lowest BCUT2D eigenvalue weighted by molar-refractivity contribution is 0.102. The first-order chi connectivity index (χ1) is 11.6. The molecule has 0 saturated carbocycles. The van der Waals surface area contributed by atoms with Crippen LogP contribution in [0.2, 0.25) is 10.0 Å². The van der Waals surface area contributed by atoms with E-state index in [1.54, 1.807) is 42.7 Å². The number of nitrogens with zero attached hydrogens (tertiary/aromatic N) is 2. The van der Waals surface area contributed by atoms with Gasteiger partial charge in [-0.05, 0) is 42.5 Å². The molecule has 2 N–H and O–H groups in total. The zero-order chi connectivity index (χ0) is 16.9. The van der Waals surface area contributed by atoms with Crippen molar-refractivity contribution in [1.29, 1.82) is 0 Å². The lowest BCUT2D eigenvalue weighted by Gasteiger charge is -2.07. The van der Waals surface area contributed by atoms with Crippen molar-refractivity contribution in [3.05, 3.63) is 70.2 Å². The van der Waals surface area contributed by atoms with Gasteiger partial charge in [0.05, 0.1) is 23.5 Å². The molecule has 8 heteroatoms. The summed E-state index contributed by atoms with van der Waals surface area (Å²) < 4.78 is 5.21. The molecule has 3 aromatic rings. The average Bonchev–Trinajstić information content (AvgIpc) is 3.09. The first kappa shape index (κ1) is 16.3. The van der Waals surface area contributed by atoms with Crippen LogP contribution in [0.25, 0.3) is 0 Å². The van der Waals surface area contributed by atoms with Gasteiger partial charge >= 0.3 is 0 Å². The van der Waals surface area contributed by atoms with E-state index in [0.717, 1.165) is 5.76 Å². The highest BCUT2D eigenvalue weighted by molar-refractivity contribution is 6.36. The summed E-state index contributed by atoms with van der Waals surface area (Å²) in [7, 11) is 0. The van der Waals surface area contributed by atoms with E-state index in [1.165, 1.54) is 0 Å². The van der Waals surface area contributed by atoms with Crippen LogP contribution in [0.1, 0.15) is 16.2 Å². The third kappa shape index (κ3) is 4.04. The predicted octanol–water partition coefficient (Wildman–Crippen LogP) is 4.24. The van der Waals surface area contributed by atoms with Crippen molar-refractivity contribution in [3.63, 3.8) is 0 Å². The van der Waals surface area contributed by atoms with E-state index in [0.29, 0.717) is 28.1 Å². The van der Waals surface area contributed by atoms with Gasteiger partial charge in [-0.25, -0.2) is 0 Å². The van der Waals surface area contributed by atoms with E-state index in [1.807, 2.05) is 6.07 Å². The van der Waals surface area contributed by atoms with Crippen molar-refractivity contribution in [2.75, 3.05) is 10.6 Å². The highest BCUT2D eigenvalue weighted by atomic mass is 35.5. The first-order valence-electron chi connectivity index (χ1n) is 6.98. The minimum absolute atomic E-state index is 0.171. The third-order valence-corrected chi connectivity index (χ3v) is 3.65. The Bertz CT molecular complexity index is 836. The molecule has 122 valence electrons. The second kappa shape index (κ2) is 7.33. The van der Waals surface area contributed by atoms with Crippen LogP contribution in [-0.2, 0) is 6.54 Å². The fraction of sp³-hybridized carbons (Fsp3) is 0.0625. The summed E-state index contributed by atoms with van der Waals surface area (Å²) in [6, 6.07) is 11.7. The van der Waals surface area contributed by atoms with Gasteiger partial charge in [0.2, 0.25) is 0 Å². The second-order valence-corrected chi connectivity index (χ2v) is 5.66. The Morgan fingerprint density at radius 1 is 1.12 bits per heavy atom. The summed E-state index contributed by atoms with van der Waals surface area (Å²) in [6.45, 7) is 0.480. The predicted molar refractivity (Wildman–Crippen MR) is 92.5 cm³/mol. The van der Waals surface area contributed by atoms with Crippen molar-refractivity contribution < 1.29 is 9.21 Å². The van der Waals surface area contributed by atoms with Gasteiger partial charge in [0.1, 0.15) is 11.6 Å². The topological polar surface area (TPSA) is 80.0 Å². The zero-order valence-corrected chi connectivity index (χ0v) is 13.8. The van der Waals surface area contributed by atoms with E-state index in [4.69, 9.17) is 27.6 Å². The van der Waals surface area contributed by atoms with E-state index >= 15 is 0 Å². The summed E-state index contributed by atoms with van der Waals surface area (Å²) >= 11 is 11.8. The molecular formula is C16H12Cl2N4O2. The third-order valence-electron chi connectivity index (χ3n) is 3.10. The Morgan fingerprint density at radius 3 is 2.67 bits per heavy atom. The van der Waals surface area contributed by atoms with Crippen LogP contribution in [0.4, 0.5) is 11.5 Å². The van der Waals surface area contributed by atoms with E-state index in [2.05, 4.69) is 20.8 Å². The molecule has 1 amide bonds. The number of anilines is 2. The molecular weight excluding hydrogens is 351 g/mol. The fourth-order valence-electron chi connectivity index (χ4n) is 1.92. The Morgan fingerprint density at radius 2 is 2.00 bits per heavy atom. The molecule has 0 bridgehead atoms. The van der Waals surface area contributed by atoms with Crippen molar-refractivity contribution in [1.82, 2.24) is 10.2 Å². The molecule has 2 heterocycles. The monoisotopic (exact) mass is 362 g/mol. The number of carbonyl (C=O) groups excluding carboxylic acids is 1. The van der Waals surface area contributed by atoms with Crippen LogP contribution in [0.15, 0.2) is 53.1 Å². The summed E-state index contributed by atoms with van der Waals surface area (Å²) in [5.41, 5.74) is 0.623. The molecule has 1 aromatic carbocycles. The molecule has 0 aliphatic heterocycles. The number of rotatable bonds is 5. The Kier molecular flexibility index (Phi) is 4.98. The number of hydrogen-bond donors (Lipinski definition) is 2. The van der Waals surface area contributed by atoms with Gasteiger partial charge in [0.25, 0.3) is 5.91 Å². The smallest absolute Gasteiger partial charge is 0.276 e. The van der Waals surface area contributed by atoms with Gasteiger partial charge in [0, 0.05) is 5.02 Å². The molecule has 0 saturated heterocycles. The van der Waals surface area contributed by atoms with Crippen LogP contribution >= 0.6 is 23.2 Å². The molecule has 0 radical (unpaired) electrons. The van der Waals surface area contributed by atoms with Gasteiger partial charge in [-0.15, -0.1) is 10.2 Å². The van der Waals surface area contributed by atoms with Crippen LogP contribution in [0, 0.1) is 0 Å². The van der Waals surface area contributed by atoms with Gasteiger partial charge in [-0.2, -0.15) is 0 Å². The molecule has 0 fully saturated rings. The highest BCUT2D eigenvalue weighted by Crippen LogP contribution is 2.25. The average molecular weight is 363 g/mol. The standard InChI is InChI=1S/C16H12Cl2N4O2/c17-10-3-4-13(12(18)8-10)20-16(23)14-5-6-15(22-21-14)19-9-11-2-1-7-24-11/h1-8H,9H2,(H,19,22)(H,20,23). The number of benzene rings is 1. The Balaban J connectivity index is 1.63. The van der Waals surface area contributed by atoms with Crippen LogP contribution < -0.4 is 10.6 Å². The number of amides is 1. The summed E-state index contributed by atoms with van der Waals surface area (Å²) in [6.07, 6.45) is 1.60. The number of furan rings is 1. The first-order valence-corrected chi connectivity index (χ1v) is 7.74. The maximum Gasteiger partial charge on any atom is 0.276 e. The molecule has 0 unspecified atom stereocenters. The van der Waals surface area contributed by atoms with Crippen molar-refractivity contribution in [2.45, 2.75) is 6.54 Å². The molecule has 2 aromatic heterocycles. The molecule has 0 atom stereocenters. The van der Waals surface area contributed by atoms with Gasteiger partial charge in [0.15, 0.2) is 5.69 Å². The van der Waals surface area contributed by atoms with Crippen molar-refractivity contribution in [3.8, 4) is 0 Å². The molecule has 6 nitrogen and oxygen atoms in total. The Labute approximate surface area is 147 Å². The van der Waals surface area contributed by atoms with Crippen LogP contribution in [-0.4, -0.2) is 16.1 Å². The number of hydrogen-bond acceptors (Lipinski definition) is 5. The summed E-state index contributed by atoms with van der Waals surface area (Å²) in [5, 5.41) is 14.4. The lowest BCUT2D eigenvalue weighted by atomic mass is 10.3. The maximum absolute atomic E-state index is 12.2. The number of carbonyl (C=O) groups is 1. The molecule has 24 heavy (non-hydrogen) atoms. The normalized spacial score (nSPS) is 10.4.